The van der Waals surface area contributed by atoms with Gasteiger partial charge in [-0.1, -0.05) is 23.7 Å². The van der Waals surface area contributed by atoms with E-state index in [4.69, 9.17) is 16.3 Å². The molecule has 9 heteroatoms. The van der Waals surface area contributed by atoms with Gasteiger partial charge in [-0.15, -0.1) is 16.9 Å². The van der Waals surface area contributed by atoms with Crippen molar-refractivity contribution in [1.29, 1.82) is 0 Å². The van der Waals surface area contributed by atoms with E-state index in [0.717, 1.165) is 4.90 Å². The molecule has 0 spiro atoms. The molecule has 0 bridgehead atoms. The topological polar surface area (TPSA) is 81.9 Å². The lowest BCUT2D eigenvalue weighted by Gasteiger charge is -2.12. The van der Waals surface area contributed by atoms with E-state index in [-0.39, 0.29) is 11.7 Å². The highest BCUT2D eigenvalue weighted by Crippen LogP contribution is 2.28. The third-order valence-electron chi connectivity index (χ3n) is 3.51. The lowest BCUT2D eigenvalue weighted by atomic mass is 10.2. The molecule has 0 saturated heterocycles. The van der Waals surface area contributed by atoms with E-state index >= 15 is 0 Å². The first-order valence-corrected chi connectivity index (χ1v) is 9.05. The van der Waals surface area contributed by atoms with Crippen LogP contribution in [-0.4, -0.2) is 39.0 Å². The molecule has 134 valence electrons. The lowest BCUT2D eigenvalue weighted by Crippen LogP contribution is -2.14. The molecule has 7 nitrogen and oxygen atoms in total. The first-order chi connectivity index (χ1) is 12.6. The zero-order chi connectivity index (χ0) is 18.5. The molecule has 3 aromatic rings. The van der Waals surface area contributed by atoms with Crippen LogP contribution >= 0.6 is 23.4 Å². The Morgan fingerprint density at radius 2 is 2.12 bits per heavy atom. The average Bonchev–Trinajstić information content (AvgIpc) is 3.07. The number of amides is 1. The summed E-state index contributed by atoms with van der Waals surface area (Å²) in [6, 6.07) is 12.7. The van der Waals surface area contributed by atoms with Gasteiger partial charge in [-0.05, 0) is 47.7 Å². The molecule has 26 heavy (non-hydrogen) atoms. The van der Waals surface area contributed by atoms with Crippen molar-refractivity contribution in [2.75, 3.05) is 18.2 Å². The Bertz CT molecular complexity index is 931. The highest BCUT2D eigenvalue weighted by atomic mass is 35.5. The van der Waals surface area contributed by atoms with Crippen LogP contribution in [0.4, 0.5) is 5.69 Å². The molecule has 0 saturated carbocycles. The number of aryl methyl sites for hydroxylation is 1. The number of aromatic nitrogens is 4. The number of anilines is 1. The number of hydrogen-bond acceptors (Lipinski definition) is 6. The fraction of sp³-hybridized carbons (Fsp3) is 0.176. The van der Waals surface area contributed by atoms with Gasteiger partial charge in [0.1, 0.15) is 11.4 Å². The monoisotopic (exact) mass is 389 g/mol. The second-order valence-electron chi connectivity index (χ2n) is 5.29. The summed E-state index contributed by atoms with van der Waals surface area (Å²) in [7, 11) is 1.57. The van der Waals surface area contributed by atoms with Crippen LogP contribution in [-0.2, 0) is 4.79 Å². The highest BCUT2D eigenvalue weighted by molar-refractivity contribution is 8.00. The third-order valence-corrected chi connectivity index (χ3v) is 5.03. The number of benzene rings is 2. The van der Waals surface area contributed by atoms with Crippen LogP contribution in [0.25, 0.3) is 5.69 Å². The Morgan fingerprint density at radius 1 is 1.31 bits per heavy atom. The standard InChI is InChI=1S/C17H16ClN5O2S/c1-11-20-21-22-23(11)14-9-12(7-8-15(14)25-2)19-17(24)10-26-16-6-4-3-5-13(16)18/h3-9H,10H2,1-2H3,(H,19,24). The van der Waals surface area contributed by atoms with Crippen molar-refractivity contribution in [3.63, 3.8) is 0 Å². The number of halogens is 1. The summed E-state index contributed by atoms with van der Waals surface area (Å²) >= 11 is 7.49. The van der Waals surface area contributed by atoms with Crippen LogP contribution in [0.2, 0.25) is 5.02 Å². The minimum atomic E-state index is -0.139. The Labute approximate surface area is 159 Å². The maximum atomic E-state index is 12.3. The van der Waals surface area contributed by atoms with Crippen molar-refractivity contribution < 1.29 is 9.53 Å². The summed E-state index contributed by atoms with van der Waals surface area (Å²) < 4.78 is 6.90. The third kappa shape index (κ3) is 4.14. The van der Waals surface area contributed by atoms with E-state index in [0.29, 0.717) is 28.0 Å². The predicted octanol–water partition coefficient (Wildman–Crippen LogP) is 3.36. The molecule has 1 aromatic heterocycles. The summed E-state index contributed by atoms with van der Waals surface area (Å²) in [4.78, 5) is 13.1. The number of ether oxygens (including phenoxy) is 1. The Kier molecular flexibility index (Phi) is 5.75. The van der Waals surface area contributed by atoms with Crippen LogP contribution in [0.3, 0.4) is 0 Å². The number of nitrogens with zero attached hydrogens (tertiary/aromatic N) is 4. The Hall–Kier alpha value is -2.58. The number of methoxy groups -OCH3 is 1. The number of rotatable bonds is 6. The Balaban J connectivity index is 1.73. The van der Waals surface area contributed by atoms with Crippen molar-refractivity contribution in [3.8, 4) is 11.4 Å². The summed E-state index contributed by atoms with van der Waals surface area (Å²) in [6.07, 6.45) is 0. The first-order valence-electron chi connectivity index (χ1n) is 7.69. The van der Waals surface area contributed by atoms with Gasteiger partial charge in [0.2, 0.25) is 5.91 Å². The van der Waals surface area contributed by atoms with Gasteiger partial charge in [-0.25, -0.2) is 0 Å². The van der Waals surface area contributed by atoms with Crippen molar-refractivity contribution in [2.45, 2.75) is 11.8 Å². The molecule has 1 amide bonds. The zero-order valence-electron chi connectivity index (χ0n) is 14.1. The molecule has 0 radical (unpaired) electrons. The summed E-state index contributed by atoms with van der Waals surface area (Å²) in [6.45, 7) is 1.78. The predicted molar refractivity (Wildman–Crippen MR) is 101 cm³/mol. The SMILES string of the molecule is COc1ccc(NC(=O)CSc2ccccc2Cl)cc1-n1nnnc1C. The molecule has 1 heterocycles. The first kappa shape index (κ1) is 18.2. The number of nitrogens with one attached hydrogen (secondary N) is 1. The van der Waals surface area contributed by atoms with Crippen LogP contribution < -0.4 is 10.1 Å². The molecular formula is C17H16ClN5O2S. The van der Waals surface area contributed by atoms with E-state index < -0.39 is 0 Å². The maximum Gasteiger partial charge on any atom is 0.234 e. The molecule has 0 unspecified atom stereocenters. The normalized spacial score (nSPS) is 10.6. The molecule has 1 N–H and O–H groups in total. The summed E-state index contributed by atoms with van der Waals surface area (Å²) in [5, 5.41) is 15.0. The minimum absolute atomic E-state index is 0.139. The van der Waals surface area contributed by atoms with Crippen LogP contribution in [0.15, 0.2) is 47.4 Å². The van der Waals surface area contributed by atoms with E-state index in [1.165, 1.54) is 11.8 Å². The van der Waals surface area contributed by atoms with Crippen LogP contribution in [0, 0.1) is 6.92 Å². The molecule has 2 aromatic carbocycles. The lowest BCUT2D eigenvalue weighted by molar-refractivity contribution is -0.113. The number of hydrogen-bond donors (Lipinski definition) is 1. The molecule has 0 aliphatic rings. The summed E-state index contributed by atoms with van der Waals surface area (Å²) in [5.74, 6) is 1.32. The number of carbonyl (C=O) groups is 1. The highest BCUT2D eigenvalue weighted by Gasteiger charge is 2.13. The molecule has 3 rings (SSSR count). The van der Waals surface area contributed by atoms with E-state index in [1.54, 1.807) is 43.0 Å². The minimum Gasteiger partial charge on any atom is -0.494 e. The van der Waals surface area contributed by atoms with Crippen LogP contribution in [0.1, 0.15) is 5.82 Å². The van der Waals surface area contributed by atoms with E-state index in [2.05, 4.69) is 20.8 Å². The smallest absolute Gasteiger partial charge is 0.234 e. The second-order valence-corrected chi connectivity index (χ2v) is 6.72. The fourth-order valence-corrected chi connectivity index (χ4v) is 3.33. The number of tetrazole rings is 1. The number of thioether (sulfide) groups is 1. The maximum absolute atomic E-state index is 12.3. The molecular weight excluding hydrogens is 374 g/mol. The quantitative estimate of drug-likeness (QED) is 0.651. The largest absolute Gasteiger partial charge is 0.494 e. The van der Waals surface area contributed by atoms with E-state index in [1.807, 2.05) is 18.2 Å². The van der Waals surface area contributed by atoms with Gasteiger partial charge < -0.3 is 10.1 Å². The average molecular weight is 390 g/mol. The van der Waals surface area contributed by atoms with Crippen molar-refractivity contribution in [3.05, 3.63) is 53.3 Å². The second kappa shape index (κ2) is 8.20. The van der Waals surface area contributed by atoms with Gasteiger partial charge in [-0.2, -0.15) is 4.68 Å². The molecule has 0 atom stereocenters. The van der Waals surface area contributed by atoms with Gasteiger partial charge in [0.25, 0.3) is 0 Å². The fourth-order valence-electron chi connectivity index (χ4n) is 2.29. The van der Waals surface area contributed by atoms with Gasteiger partial charge in [0, 0.05) is 10.6 Å². The van der Waals surface area contributed by atoms with Gasteiger partial charge in [-0.3, -0.25) is 4.79 Å². The van der Waals surface area contributed by atoms with Gasteiger partial charge in [0.05, 0.1) is 17.9 Å². The zero-order valence-corrected chi connectivity index (χ0v) is 15.7. The number of carbonyl (C=O) groups excluding carboxylic acids is 1. The molecule has 0 fully saturated rings. The van der Waals surface area contributed by atoms with Gasteiger partial charge >= 0.3 is 0 Å². The Morgan fingerprint density at radius 3 is 2.81 bits per heavy atom. The van der Waals surface area contributed by atoms with Crippen molar-refractivity contribution >= 4 is 35.0 Å². The van der Waals surface area contributed by atoms with Crippen molar-refractivity contribution in [1.82, 2.24) is 20.2 Å². The molecule has 0 aliphatic heterocycles. The van der Waals surface area contributed by atoms with Crippen molar-refractivity contribution in [2.24, 2.45) is 0 Å². The van der Waals surface area contributed by atoms with Crippen LogP contribution in [0.5, 0.6) is 5.75 Å². The van der Waals surface area contributed by atoms with Gasteiger partial charge in [0.15, 0.2) is 5.82 Å². The molecule has 0 aliphatic carbocycles. The van der Waals surface area contributed by atoms with E-state index in [9.17, 15) is 4.79 Å². The summed E-state index contributed by atoms with van der Waals surface area (Å²) in [5.41, 5.74) is 1.27.